The minimum Gasteiger partial charge on any atom is -0.466 e. The summed E-state index contributed by atoms with van der Waals surface area (Å²) in [7, 11) is 1.39. The van der Waals surface area contributed by atoms with Crippen molar-refractivity contribution in [2.24, 2.45) is 5.41 Å². The second-order valence-electron chi connectivity index (χ2n) is 4.45. The second-order valence-corrected chi connectivity index (χ2v) is 5.50. The van der Waals surface area contributed by atoms with Crippen molar-refractivity contribution in [2.45, 2.75) is 18.7 Å². The summed E-state index contributed by atoms with van der Waals surface area (Å²) >= 11 is 1.78. The van der Waals surface area contributed by atoms with Crippen LogP contribution in [0.2, 0.25) is 0 Å². The van der Waals surface area contributed by atoms with Crippen LogP contribution in [0.3, 0.4) is 0 Å². The quantitative estimate of drug-likeness (QED) is 0.454. The lowest BCUT2D eigenvalue weighted by atomic mass is 9.96. The fourth-order valence-electron chi connectivity index (χ4n) is 1.20. The Morgan fingerprint density at radius 3 is 2.59 bits per heavy atom. The molecular formula is C14H18O2S. The van der Waals surface area contributed by atoms with E-state index < -0.39 is 0 Å². The van der Waals surface area contributed by atoms with Crippen molar-refractivity contribution in [1.82, 2.24) is 0 Å². The van der Waals surface area contributed by atoms with E-state index >= 15 is 0 Å². The molecule has 2 nitrogen and oxygen atoms in total. The van der Waals surface area contributed by atoms with Gasteiger partial charge in [0.15, 0.2) is 0 Å². The second kappa shape index (κ2) is 6.50. The third-order valence-corrected chi connectivity index (χ3v) is 3.72. The zero-order chi connectivity index (χ0) is 12.7. The van der Waals surface area contributed by atoms with Crippen LogP contribution < -0.4 is 0 Å². The fourth-order valence-corrected chi connectivity index (χ4v) is 2.18. The van der Waals surface area contributed by atoms with Gasteiger partial charge in [0.25, 0.3) is 0 Å². The summed E-state index contributed by atoms with van der Waals surface area (Å²) in [5.74, 6) is 0.618. The van der Waals surface area contributed by atoms with Crippen molar-refractivity contribution in [3.63, 3.8) is 0 Å². The summed E-state index contributed by atoms with van der Waals surface area (Å²) in [5.41, 5.74) is -0.0330. The van der Waals surface area contributed by atoms with Crippen LogP contribution in [0.5, 0.6) is 0 Å². The first-order valence-corrected chi connectivity index (χ1v) is 6.47. The Labute approximate surface area is 107 Å². The molecule has 0 aliphatic rings. The van der Waals surface area contributed by atoms with E-state index in [4.69, 9.17) is 0 Å². The molecule has 0 unspecified atom stereocenters. The minimum atomic E-state index is -0.303. The maximum atomic E-state index is 11.0. The fraction of sp³-hybridized carbons (Fsp3) is 0.357. The van der Waals surface area contributed by atoms with Gasteiger partial charge in [0.1, 0.15) is 0 Å². The topological polar surface area (TPSA) is 26.3 Å². The molecule has 92 valence electrons. The number of benzene rings is 1. The summed E-state index contributed by atoms with van der Waals surface area (Å²) in [4.78, 5) is 12.3. The Morgan fingerprint density at radius 2 is 2.00 bits per heavy atom. The first-order valence-electron chi connectivity index (χ1n) is 5.48. The number of hydrogen-bond donors (Lipinski definition) is 0. The normalized spacial score (nSPS) is 11.7. The predicted octanol–water partition coefficient (Wildman–Crippen LogP) is 3.53. The lowest BCUT2D eigenvalue weighted by Gasteiger charge is -2.19. The summed E-state index contributed by atoms with van der Waals surface area (Å²) in [6, 6.07) is 10.2. The van der Waals surface area contributed by atoms with Crippen LogP contribution in [0, 0.1) is 5.41 Å². The van der Waals surface area contributed by atoms with Crippen LogP contribution in [0.1, 0.15) is 13.8 Å². The minimum absolute atomic E-state index is 0.0330. The van der Waals surface area contributed by atoms with Gasteiger partial charge in [-0.3, -0.25) is 0 Å². The molecule has 0 saturated carbocycles. The van der Waals surface area contributed by atoms with E-state index in [-0.39, 0.29) is 11.4 Å². The van der Waals surface area contributed by atoms with Crippen molar-refractivity contribution in [3.05, 3.63) is 42.5 Å². The van der Waals surface area contributed by atoms with Gasteiger partial charge in [-0.2, -0.15) is 0 Å². The number of rotatable bonds is 5. The van der Waals surface area contributed by atoms with Gasteiger partial charge in [0.2, 0.25) is 0 Å². The van der Waals surface area contributed by atoms with Crippen LogP contribution >= 0.6 is 11.8 Å². The van der Waals surface area contributed by atoms with Gasteiger partial charge in [-0.05, 0) is 17.5 Å². The van der Waals surface area contributed by atoms with Gasteiger partial charge in [0, 0.05) is 16.7 Å². The molecule has 1 aromatic carbocycles. The van der Waals surface area contributed by atoms with E-state index in [0.29, 0.717) is 0 Å². The Balaban J connectivity index is 2.50. The zero-order valence-corrected chi connectivity index (χ0v) is 11.3. The molecule has 0 amide bonds. The summed E-state index contributed by atoms with van der Waals surface area (Å²) in [5, 5.41) is 0. The Morgan fingerprint density at radius 1 is 1.35 bits per heavy atom. The third-order valence-electron chi connectivity index (χ3n) is 2.23. The Hall–Kier alpha value is -1.22. The molecular weight excluding hydrogens is 232 g/mol. The molecule has 0 radical (unpaired) electrons. The van der Waals surface area contributed by atoms with Gasteiger partial charge in [-0.15, -0.1) is 11.8 Å². The Kier molecular flexibility index (Phi) is 5.29. The molecule has 1 rings (SSSR count). The van der Waals surface area contributed by atoms with Crippen LogP contribution in [0.15, 0.2) is 47.4 Å². The average molecular weight is 250 g/mol. The van der Waals surface area contributed by atoms with E-state index in [2.05, 4.69) is 30.7 Å². The third kappa shape index (κ3) is 5.59. The number of thioether (sulfide) groups is 1. The zero-order valence-electron chi connectivity index (χ0n) is 10.5. The molecule has 0 saturated heterocycles. The van der Waals surface area contributed by atoms with Crippen molar-refractivity contribution in [1.29, 1.82) is 0 Å². The molecule has 0 spiro atoms. The first-order chi connectivity index (χ1) is 8.03. The predicted molar refractivity (Wildman–Crippen MR) is 72.1 cm³/mol. The lowest BCUT2D eigenvalue weighted by molar-refractivity contribution is -0.134. The number of carbonyl (C=O) groups excluding carboxylic acids is 1. The van der Waals surface area contributed by atoms with Crippen LogP contribution in [0.4, 0.5) is 0 Å². The van der Waals surface area contributed by atoms with E-state index in [1.807, 2.05) is 24.3 Å². The van der Waals surface area contributed by atoms with Crippen LogP contribution in [0.25, 0.3) is 0 Å². The monoisotopic (exact) mass is 250 g/mol. The maximum absolute atomic E-state index is 11.0. The molecule has 1 aromatic rings. The van der Waals surface area contributed by atoms with Gasteiger partial charge in [-0.25, -0.2) is 4.79 Å². The van der Waals surface area contributed by atoms with Gasteiger partial charge in [0.05, 0.1) is 7.11 Å². The molecule has 0 heterocycles. The highest BCUT2D eigenvalue weighted by Gasteiger charge is 2.14. The van der Waals surface area contributed by atoms with Gasteiger partial charge >= 0.3 is 5.97 Å². The summed E-state index contributed by atoms with van der Waals surface area (Å²) < 4.78 is 4.58. The smallest absolute Gasteiger partial charge is 0.330 e. The average Bonchev–Trinajstić information content (AvgIpc) is 2.35. The molecule has 3 heteroatoms. The summed E-state index contributed by atoms with van der Waals surface area (Å²) in [6.07, 6.45) is 3.39. The van der Waals surface area contributed by atoms with Gasteiger partial charge in [-0.1, -0.05) is 38.1 Å². The lowest BCUT2D eigenvalue weighted by Crippen LogP contribution is -2.12. The first kappa shape index (κ1) is 13.8. The Bertz CT molecular complexity index is 382. The number of carbonyl (C=O) groups is 1. The van der Waals surface area contributed by atoms with Gasteiger partial charge < -0.3 is 4.74 Å². The molecule has 0 fully saturated rings. The SMILES string of the molecule is COC(=O)/C=C/C(C)(C)CSc1ccccc1. The van der Waals surface area contributed by atoms with Crippen molar-refractivity contribution in [3.8, 4) is 0 Å². The highest BCUT2D eigenvalue weighted by Crippen LogP contribution is 2.28. The van der Waals surface area contributed by atoms with E-state index in [1.165, 1.54) is 18.1 Å². The van der Waals surface area contributed by atoms with E-state index in [9.17, 15) is 4.79 Å². The molecule has 0 bridgehead atoms. The highest BCUT2D eigenvalue weighted by molar-refractivity contribution is 7.99. The summed E-state index contributed by atoms with van der Waals surface area (Å²) in [6.45, 7) is 4.20. The highest BCUT2D eigenvalue weighted by atomic mass is 32.2. The van der Waals surface area contributed by atoms with Crippen LogP contribution in [-0.2, 0) is 9.53 Å². The molecule has 0 aliphatic heterocycles. The largest absolute Gasteiger partial charge is 0.466 e. The number of hydrogen-bond acceptors (Lipinski definition) is 3. The van der Waals surface area contributed by atoms with Crippen molar-refractivity contribution >= 4 is 17.7 Å². The molecule has 0 N–H and O–H groups in total. The molecule has 0 atom stereocenters. The van der Waals surface area contributed by atoms with Crippen molar-refractivity contribution in [2.75, 3.05) is 12.9 Å². The maximum Gasteiger partial charge on any atom is 0.330 e. The molecule has 17 heavy (non-hydrogen) atoms. The number of esters is 1. The van der Waals surface area contributed by atoms with Crippen molar-refractivity contribution < 1.29 is 9.53 Å². The van der Waals surface area contributed by atoms with E-state index in [1.54, 1.807) is 11.8 Å². The van der Waals surface area contributed by atoms with Crippen LogP contribution in [-0.4, -0.2) is 18.8 Å². The standard InChI is InChI=1S/C14H18O2S/c1-14(2,10-9-13(15)16-3)11-17-12-7-5-4-6-8-12/h4-10H,11H2,1-3H3/b10-9+. The number of allylic oxidation sites excluding steroid dienone is 1. The molecule has 0 aliphatic carbocycles. The number of methoxy groups -OCH3 is 1. The molecule has 0 aromatic heterocycles. The number of ether oxygens (including phenoxy) is 1. The van der Waals surface area contributed by atoms with E-state index in [0.717, 1.165) is 5.75 Å².